The number of rotatable bonds is 10. The van der Waals surface area contributed by atoms with E-state index in [9.17, 15) is 14.4 Å². The molecule has 0 bridgehead atoms. The normalized spacial score (nSPS) is 15.4. The van der Waals surface area contributed by atoms with Gasteiger partial charge in [-0.1, -0.05) is 6.07 Å². The first-order valence-corrected chi connectivity index (χ1v) is 11.0. The fraction of sp³-hybridized carbons (Fsp3) is 0.400. The Kier molecular flexibility index (Phi) is 8.43. The smallest absolute Gasteiger partial charge is 0.262 e. The molecule has 3 rings (SSSR count). The Hall–Kier alpha value is -3.39. The van der Waals surface area contributed by atoms with Crippen molar-refractivity contribution in [3.8, 4) is 5.75 Å². The van der Waals surface area contributed by atoms with E-state index in [-0.39, 0.29) is 36.7 Å². The minimum Gasteiger partial charge on any atom is -0.484 e. The standard InChI is InChI=1S/C25H31N3O5/c1-17-5-6-20(13-18(17)2)27-23(29)16-33-22-9-7-21(8-10-22)28-15-19(14-24(28)30)25(31)26-11-4-12-32-3/h5-10,13,19H,4,11-12,14-16H2,1-3H3,(H,26,31)(H,27,29)/t19-/m0/s1. The molecule has 176 valence electrons. The molecule has 0 aromatic heterocycles. The van der Waals surface area contributed by atoms with E-state index in [2.05, 4.69) is 10.6 Å². The van der Waals surface area contributed by atoms with Crippen molar-refractivity contribution in [2.45, 2.75) is 26.7 Å². The van der Waals surface area contributed by atoms with Gasteiger partial charge >= 0.3 is 0 Å². The summed E-state index contributed by atoms with van der Waals surface area (Å²) in [6, 6.07) is 12.7. The van der Waals surface area contributed by atoms with E-state index < -0.39 is 0 Å². The van der Waals surface area contributed by atoms with Gasteiger partial charge in [0.15, 0.2) is 6.61 Å². The van der Waals surface area contributed by atoms with Gasteiger partial charge in [0.2, 0.25) is 11.8 Å². The van der Waals surface area contributed by atoms with E-state index >= 15 is 0 Å². The Morgan fingerprint density at radius 1 is 1.09 bits per heavy atom. The lowest BCUT2D eigenvalue weighted by Gasteiger charge is -2.17. The SMILES string of the molecule is COCCCNC(=O)[C@H]1CC(=O)N(c2ccc(OCC(=O)Nc3ccc(C)c(C)c3)cc2)C1. The second-order valence-corrected chi connectivity index (χ2v) is 8.17. The molecule has 1 aliphatic rings. The molecule has 0 spiro atoms. The Morgan fingerprint density at radius 2 is 1.85 bits per heavy atom. The van der Waals surface area contributed by atoms with Crippen LogP contribution in [0.25, 0.3) is 0 Å². The van der Waals surface area contributed by atoms with Gasteiger partial charge in [-0.25, -0.2) is 0 Å². The number of aryl methyl sites for hydroxylation is 2. The fourth-order valence-electron chi connectivity index (χ4n) is 3.59. The number of benzene rings is 2. The van der Waals surface area contributed by atoms with Gasteiger partial charge in [-0.05, 0) is 67.8 Å². The highest BCUT2D eigenvalue weighted by Gasteiger charge is 2.34. The van der Waals surface area contributed by atoms with Crippen LogP contribution in [0.15, 0.2) is 42.5 Å². The zero-order chi connectivity index (χ0) is 23.8. The first-order chi connectivity index (χ1) is 15.9. The summed E-state index contributed by atoms with van der Waals surface area (Å²) in [5, 5.41) is 5.67. The van der Waals surface area contributed by atoms with Crippen LogP contribution in [-0.4, -0.2) is 51.1 Å². The predicted molar refractivity (Wildman–Crippen MR) is 126 cm³/mol. The van der Waals surface area contributed by atoms with Gasteiger partial charge < -0.3 is 25.0 Å². The first kappa shape index (κ1) is 24.3. The maximum Gasteiger partial charge on any atom is 0.262 e. The van der Waals surface area contributed by atoms with E-state index in [0.29, 0.717) is 31.1 Å². The number of nitrogens with zero attached hydrogens (tertiary/aromatic N) is 1. The van der Waals surface area contributed by atoms with Gasteiger partial charge in [-0.3, -0.25) is 14.4 Å². The van der Waals surface area contributed by atoms with Crippen molar-refractivity contribution in [2.24, 2.45) is 5.92 Å². The van der Waals surface area contributed by atoms with Gasteiger partial charge in [0.05, 0.1) is 5.92 Å². The molecule has 0 unspecified atom stereocenters. The number of nitrogens with one attached hydrogen (secondary N) is 2. The quantitative estimate of drug-likeness (QED) is 0.539. The molecule has 0 radical (unpaired) electrons. The molecular weight excluding hydrogens is 422 g/mol. The van der Waals surface area contributed by atoms with Crippen molar-refractivity contribution in [2.75, 3.05) is 43.6 Å². The lowest BCUT2D eigenvalue weighted by Crippen LogP contribution is -2.33. The third-order valence-corrected chi connectivity index (χ3v) is 5.63. The van der Waals surface area contributed by atoms with E-state index in [1.807, 2.05) is 32.0 Å². The summed E-state index contributed by atoms with van der Waals surface area (Å²) >= 11 is 0. The van der Waals surface area contributed by atoms with Crippen LogP contribution in [0.3, 0.4) is 0 Å². The zero-order valence-electron chi connectivity index (χ0n) is 19.3. The number of methoxy groups -OCH3 is 1. The Bertz CT molecular complexity index is 990. The van der Waals surface area contributed by atoms with Crippen LogP contribution < -0.4 is 20.3 Å². The zero-order valence-corrected chi connectivity index (χ0v) is 19.3. The van der Waals surface area contributed by atoms with Crippen molar-refractivity contribution in [3.05, 3.63) is 53.6 Å². The summed E-state index contributed by atoms with van der Waals surface area (Å²) in [6.45, 7) is 5.33. The van der Waals surface area contributed by atoms with Crippen molar-refractivity contribution in [1.29, 1.82) is 0 Å². The Labute approximate surface area is 194 Å². The average molecular weight is 454 g/mol. The summed E-state index contributed by atoms with van der Waals surface area (Å²) in [5.41, 5.74) is 3.69. The molecule has 1 heterocycles. The molecule has 0 aliphatic carbocycles. The van der Waals surface area contributed by atoms with E-state index in [4.69, 9.17) is 9.47 Å². The minimum absolute atomic E-state index is 0.0894. The number of amides is 3. The second kappa shape index (κ2) is 11.5. The molecule has 2 N–H and O–H groups in total. The van der Waals surface area contributed by atoms with Crippen LogP contribution >= 0.6 is 0 Å². The van der Waals surface area contributed by atoms with Gasteiger partial charge in [-0.2, -0.15) is 0 Å². The van der Waals surface area contributed by atoms with Gasteiger partial charge in [-0.15, -0.1) is 0 Å². The number of hydrogen-bond donors (Lipinski definition) is 2. The maximum atomic E-state index is 12.4. The predicted octanol–water partition coefficient (Wildman–Crippen LogP) is 2.83. The molecule has 2 aromatic rings. The highest BCUT2D eigenvalue weighted by Crippen LogP contribution is 2.27. The topological polar surface area (TPSA) is 97.0 Å². The Morgan fingerprint density at radius 3 is 2.55 bits per heavy atom. The lowest BCUT2D eigenvalue weighted by atomic mass is 10.1. The number of carbonyl (C=O) groups excluding carboxylic acids is 3. The molecule has 1 aliphatic heterocycles. The average Bonchev–Trinajstić information content (AvgIpc) is 3.20. The lowest BCUT2D eigenvalue weighted by molar-refractivity contribution is -0.126. The van der Waals surface area contributed by atoms with Crippen LogP contribution in [0.5, 0.6) is 5.75 Å². The van der Waals surface area contributed by atoms with Gasteiger partial charge in [0, 0.05) is 44.6 Å². The van der Waals surface area contributed by atoms with Crippen LogP contribution in [0.1, 0.15) is 24.0 Å². The van der Waals surface area contributed by atoms with Crippen molar-refractivity contribution >= 4 is 29.1 Å². The number of hydrogen-bond acceptors (Lipinski definition) is 5. The van der Waals surface area contributed by atoms with E-state index in [0.717, 1.165) is 23.2 Å². The number of ether oxygens (including phenoxy) is 2. The summed E-state index contributed by atoms with van der Waals surface area (Å²) in [5.74, 6) is -0.306. The summed E-state index contributed by atoms with van der Waals surface area (Å²) in [6.07, 6.45) is 0.920. The third kappa shape index (κ3) is 6.79. The van der Waals surface area contributed by atoms with Crippen LogP contribution in [0, 0.1) is 19.8 Å². The molecule has 1 fully saturated rings. The third-order valence-electron chi connectivity index (χ3n) is 5.63. The molecule has 33 heavy (non-hydrogen) atoms. The number of anilines is 2. The molecule has 1 atom stereocenters. The van der Waals surface area contributed by atoms with Gasteiger partial charge in [0.1, 0.15) is 5.75 Å². The summed E-state index contributed by atoms with van der Waals surface area (Å²) < 4.78 is 10.5. The van der Waals surface area contributed by atoms with Crippen molar-refractivity contribution < 1.29 is 23.9 Å². The maximum absolute atomic E-state index is 12.4. The highest BCUT2D eigenvalue weighted by molar-refractivity contribution is 6.00. The molecule has 0 saturated carbocycles. The van der Waals surface area contributed by atoms with Crippen LogP contribution in [-0.2, 0) is 19.1 Å². The molecule has 8 nitrogen and oxygen atoms in total. The van der Waals surface area contributed by atoms with Crippen molar-refractivity contribution in [3.63, 3.8) is 0 Å². The summed E-state index contributed by atoms with van der Waals surface area (Å²) in [7, 11) is 1.62. The fourth-order valence-corrected chi connectivity index (χ4v) is 3.59. The number of carbonyl (C=O) groups is 3. The summed E-state index contributed by atoms with van der Waals surface area (Å²) in [4.78, 5) is 38.5. The molecule has 1 saturated heterocycles. The highest BCUT2D eigenvalue weighted by atomic mass is 16.5. The first-order valence-electron chi connectivity index (χ1n) is 11.0. The van der Waals surface area contributed by atoms with Crippen LogP contribution in [0.4, 0.5) is 11.4 Å². The largest absolute Gasteiger partial charge is 0.484 e. The Balaban J connectivity index is 1.48. The van der Waals surface area contributed by atoms with Crippen molar-refractivity contribution in [1.82, 2.24) is 5.32 Å². The van der Waals surface area contributed by atoms with E-state index in [1.54, 1.807) is 36.3 Å². The minimum atomic E-state index is -0.370. The molecule has 3 amide bonds. The monoisotopic (exact) mass is 453 g/mol. The van der Waals surface area contributed by atoms with Crippen LogP contribution in [0.2, 0.25) is 0 Å². The molecule has 8 heteroatoms. The molecule has 2 aromatic carbocycles. The van der Waals surface area contributed by atoms with Gasteiger partial charge in [0.25, 0.3) is 5.91 Å². The second-order valence-electron chi connectivity index (χ2n) is 8.17. The van der Waals surface area contributed by atoms with E-state index in [1.165, 1.54) is 0 Å². The molecular formula is C25H31N3O5.